The maximum Gasteiger partial charge on any atom is 0.341 e. The van der Waals surface area contributed by atoms with Gasteiger partial charge in [0.25, 0.3) is 0 Å². The van der Waals surface area contributed by atoms with Gasteiger partial charge in [-0.3, -0.25) is 4.79 Å². The topological polar surface area (TPSA) is 55.4 Å². The van der Waals surface area contributed by atoms with Crippen LogP contribution >= 0.6 is 11.3 Å². The van der Waals surface area contributed by atoms with Crippen molar-refractivity contribution in [1.29, 1.82) is 0 Å². The average molecular weight is 408 g/mol. The number of anilines is 1. The van der Waals surface area contributed by atoms with Crippen LogP contribution in [0.1, 0.15) is 52.5 Å². The molecule has 1 atom stereocenters. The minimum atomic E-state index is -0.411. The highest BCUT2D eigenvalue weighted by Gasteiger charge is 2.23. The van der Waals surface area contributed by atoms with Crippen molar-refractivity contribution >= 4 is 28.2 Å². The molecule has 0 bridgehead atoms. The van der Waals surface area contributed by atoms with Crippen molar-refractivity contribution in [3.63, 3.8) is 0 Å². The Balaban J connectivity index is 1.85. The highest BCUT2D eigenvalue weighted by Crippen LogP contribution is 2.32. The second kappa shape index (κ2) is 10.0. The number of hydrogen-bond donors (Lipinski definition) is 1. The van der Waals surface area contributed by atoms with Gasteiger partial charge >= 0.3 is 5.97 Å². The molecule has 0 saturated carbocycles. The summed E-state index contributed by atoms with van der Waals surface area (Å²) in [6.07, 6.45) is 1.37. The number of amides is 1. The van der Waals surface area contributed by atoms with Crippen molar-refractivity contribution in [2.75, 3.05) is 11.9 Å². The lowest BCUT2D eigenvalue weighted by Gasteiger charge is -2.15. The fraction of sp³-hybridized carbons (Fsp3) is 0.250. The lowest BCUT2D eigenvalue weighted by atomic mass is 9.96. The first-order valence-electron chi connectivity index (χ1n) is 9.81. The summed E-state index contributed by atoms with van der Waals surface area (Å²) in [6, 6.07) is 21.6. The zero-order chi connectivity index (χ0) is 20.6. The summed E-state index contributed by atoms with van der Waals surface area (Å²) in [5.74, 6) is -0.797. The number of esters is 1. The third-order valence-corrected chi connectivity index (χ3v) is 5.71. The van der Waals surface area contributed by atoms with Gasteiger partial charge < -0.3 is 10.1 Å². The Hall–Kier alpha value is -2.92. The first-order valence-corrected chi connectivity index (χ1v) is 10.6. The first kappa shape index (κ1) is 20.8. The highest BCUT2D eigenvalue weighted by atomic mass is 32.1. The van der Waals surface area contributed by atoms with E-state index in [-0.39, 0.29) is 18.4 Å². The summed E-state index contributed by atoms with van der Waals surface area (Å²) in [6.45, 7) is 4.05. The Bertz CT molecular complexity index is 951. The lowest BCUT2D eigenvalue weighted by molar-refractivity contribution is -0.117. The number of ether oxygens (including phenoxy) is 1. The van der Waals surface area contributed by atoms with Gasteiger partial charge in [0.2, 0.25) is 5.91 Å². The molecule has 150 valence electrons. The number of benzene rings is 2. The van der Waals surface area contributed by atoms with E-state index in [1.807, 2.05) is 73.7 Å². The Morgan fingerprint density at radius 3 is 2.28 bits per heavy atom. The van der Waals surface area contributed by atoms with Crippen molar-refractivity contribution < 1.29 is 14.3 Å². The minimum absolute atomic E-state index is 0.114. The number of thiophene rings is 1. The number of carbonyl (C=O) groups is 2. The highest BCUT2D eigenvalue weighted by molar-refractivity contribution is 7.16. The van der Waals surface area contributed by atoms with Crippen molar-refractivity contribution in [3.8, 4) is 0 Å². The molecule has 3 aromatic rings. The van der Waals surface area contributed by atoms with Crippen LogP contribution in [0.3, 0.4) is 0 Å². The molecule has 0 spiro atoms. The standard InChI is InChI=1S/C24H25NO3S/c1-3-20(18-13-9-6-10-14-18)22(26)25-23-21(24(27)28-4-2)16-19(29-23)15-17-11-7-5-8-12-17/h5-14,16,20H,3-4,15H2,1-2H3,(H,25,26). The molecule has 1 amide bonds. The molecule has 29 heavy (non-hydrogen) atoms. The third-order valence-electron chi connectivity index (χ3n) is 4.66. The molecule has 1 unspecified atom stereocenters. The van der Waals surface area contributed by atoms with Gasteiger partial charge in [-0.15, -0.1) is 11.3 Å². The quantitative estimate of drug-likeness (QED) is 0.491. The molecule has 1 N–H and O–H groups in total. The monoisotopic (exact) mass is 407 g/mol. The molecular weight excluding hydrogens is 382 g/mol. The van der Waals surface area contributed by atoms with E-state index in [0.29, 0.717) is 23.4 Å². The molecule has 4 nitrogen and oxygen atoms in total. The number of hydrogen-bond acceptors (Lipinski definition) is 4. The zero-order valence-electron chi connectivity index (χ0n) is 16.7. The molecular formula is C24H25NO3S. The van der Waals surface area contributed by atoms with Gasteiger partial charge in [0, 0.05) is 11.3 Å². The third kappa shape index (κ3) is 5.33. The summed E-state index contributed by atoms with van der Waals surface area (Å²) in [5, 5.41) is 3.53. The Morgan fingerprint density at radius 2 is 1.66 bits per heavy atom. The van der Waals surface area contributed by atoms with Gasteiger partial charge in [-0.25, -0.2) is 4.79 Å². The van der Waals surface area contributed by atoms with Crippen LogP contribution in [0.15, 0.2) is 66.7 Å². The first-order chi connectivity index (χ1) is 14.1. The van der Waals surface area contributed by atoms with E-state index in [4.69, 9.17) is 4.74 Å². The van der Waals surface area contributed by atoms with Gasteiger partial charge in [0.05, 0.1) is 18.1 Å². The van der Waals surface area contributed by atoms with Gasteiger partial charge in [-0.05, 0) is 30.5 Å². The molecule has 0 aliphatic heterocycles. The van der Waals surface area contributed by atoms with E-state index in [0.717, 1.165) is 16.0 Å². The molecule has 1 aromatic heterocycles. The molecule has 3 rings (SSSR count). The zero-order valence-corrected chi connectivity index (χ0v) is 17.5. The van der Waals surface area contributed by atoms with Crippen LogP contribution in [-0.4, -0.2) is 18.5 Å². The largest absolute Gasteiger partial charge is 0.462 e. The summed E-state index contributed by atoms with van der Waals surface area (Å²) < 4.78 is 5.20. The maximum absolute atomic E-state index is 13.0. The smallest absolute Gasteiger partial charge is 0.341 e. The normalized spacial score (nSPS) is 11.7. The molecule has 5 heteroatoms. The Morgan fingerprint density at radius 1 is 1.00 bits per heavy atom. The van der Waals surface area contributed by atoms with Gasteiger partial charge in [-0.2, -0.15) is 0 Å². The fourth-order valence-electron chi connectivity index (χ4n) is 3.24. The minimum Gasteiger partial charge on any atom is -0.462 e. The second-order valence-corrected chi connectivity index (χ2v) is 7.84. The van der Waals surface area contributed by atoms with E-state index in [9.17, 15) is 9.59 Å². The SMILES string of the molecule is CCOC(=O)c1cc(Cc2ccccc2)sc1NC(=O)C(CC)c1ccccc1. The number of rotatable bonds is 8. The molecule has 0 radical (unpaired) electrons. The van der Waals surface area contributed by atoms with Gasteiger partial charge in [0.15, 0.2) is 0 Å². The predicted molar refractivity (Wildman–Crippen MR) is 118 cm³/mol. The van der Waals surface area contributed by atoms with Crippen molar-refractivity contribution in [3.05, 3.63) is 88.3 Å². The molecule has 0 saturated heterocycles. The fourth-order valence-corrected chi connectivity index (χ4v) is 4.32. The van der Waals surface area contributed by atoms with Crippen molar-refractivity contribution in [2.45, 2.75) is 32.6 Å². The van der Waals surface area contributed by atoms with Crippen LogP contribution in [0.5, 0.6) is 0 Å². The molecule has 1 heterocycles. The van der Waals surface area contributed by atoms with Crippen molar-refractivity contribution in [2.24, 2.45) is 0 Å². The van der Waals surface area contributed by atoms with E-state index >= 15 is 0 Å². The molecule has 2 aromatic carbocycles. The summed E-state index contributed by atoms with van der Waals surface area (Å²) in [4.78, 5) is 26.4. The second-order valence-electron chi connectivity index (χ2n) is 6.70. The number of nitrogens with one attached hydrogen (secondary N) is 1. The summed E-state index contributed by atoms with van der Waals surface area (Å²) >= 11 is 1.43. The summed E-state index contributed by atoms with van der Waals surface area (Å²) in [5.41, 5.74) is 2.53. The molecule has 0 fully saturated rings. The number of carbonyl (C=O) groups excluding carboxylic acids is 2. The average Bonchev–Trinajstić information content (AvgIpc) is 3.12. The van der Waals surface area contributed by atoms with E-state index in [1.165, 1.54) is 11.3 Å². The van der Waals surface area contributed by atoms with Gasteiger partial charge in [-0.1, -0.05) is 67.6 Å². The van der Waals surface area contributed by atoms with Crippen LogP contribution < -0.4 is 5.32 Å². The van der Waals surface area contributed by atoms with Crippen LogP contribution in [0.2, 0.25) is 0 Å². The summed E-state index contributed by atoms with van der Waals surface area (Å²) in [7, 11) is 0. The van der Waals surface area contributed by atoms with Crippen LogP contribution in [0, 0.1) is 0 Å². The van der Waals surface area contributed by atoms with E-state index in [1.54, 1.807) is 6.92 Å². The van der Waals surface area contributed by atoms with Crippen LogP contribution in [-0.2, 0) is 16.0 Å². The van der Waals surface area contributed by atoms with E-state index in [2.05, 4.69) is 5.32 Å². The Labute approximate surface area is 175 Å². The van der Waals surface area contributed by atoms with Crippen LogP contribution in [0.4, 0.5) is 5.00 Å². The lowest BCUT2D eigenvalue weighted by Crippen LogP contribution is -2.21. The van der Waals surface area contributed by atoms with E-state index < -0.39 is 5.97 Å². The van der Waals surface area contributed by atoms with Crippen molar-refractivity contribution in [1.82, 2.24) is 0 Å². The maximum atomic E-state index is 13.0. The van der Waals surface area contributed by atoms with Gasteiger partial charge in [0.1, 0.15) is 5.00 Å². The predicted octanol–water partition coefficient (Wildman–Crippen LogP) is 5.65. The Kier molecular flexibility index (Phi) is 7.19. The molecule has 0 aliphatic carbocycles. The molecule has 0 aliphatic rings. The van der Waals surface area contributed by atoms with Crippen LogP contribution in [0.25, 0.3) is 0 Å².